The fraction of sp³-hybridized carbons (Fsp3) is 0.222. The number of carbonyl (C=O) groups is 1. The summed E-state index contributed by atoms with van der Waals surface area (Å²) >= 11 is 0. The van der Waals surface area contributed by atoms with E-state index in [1.165, 1.54) is 12.1 Å². The average Bonchev–Trinajstić information content (AvgIpc) is 2.17. The Morgan fingerprint density at radius 1 is 1.54 bits per heavy atom. The fourth-order valence-electron chi connectivity index (χ4n) is 1.01. The first-order chi connectivity index (χ1) is 6.15. The van der Waals surface area contributed by atoms with Gasteiger partial charge in [-0.15, -0.1) is 0 Å². The maximum absolute atomic E-state index is 10.6. The van der Waals surface area contributed by atoms with Crippen molar-refractivity contribution in [1.82, 2.24) is 0 Å². The van der Waals surface area contributed by atoms with E-state index in [2.05, 4.69) is 0 Å². The van der Waals surface area contributed by atoms with E-state index in [9.17, 15) is 4.79 Å². The third-order valence-corrected chi connectivity index (χ3v) is 1.76. The second kappa shape index (κ2) is 4.02. The number of aliphatic hydroxyl groups is 1. The highest BCUT2D eigenvalue weighted by atomic mass is 16.4. The van der Waals surface area contributed by atoms with E-state index in [0.29, 0.717) is 5.56 Å². The summed E-state index contributed by atoms with van der Waals surface area (Å²) in [6, 6.07) is 5.72. The van der Waals surface area contributed by atoms with Crippen LogP contribution in [0.2, 0.25) is 0 Å². The van der Waals surface area contributed by atoms with Crippen LogP contribution in [0.3, 0.4) is 0 Å². The van der Waals surface area contributed by atoms with Crippen molar-refractivity contribution < 1.29 is 15.0 Å². The molecule has 0 spiro atoms. The Kier molecular flexibility index (Phi) is 3.00. The number of aromatic carboxylic acids is 1. The van der Waals surface area contributed by atoms with Gasteiger partial charge in [0, 0.05) is 0 Å². The van der Waals surface area contributed by atoms with Crippen molar-refractivity contribution in [2.24, 2.45) is 5.73 Å². The molecule has 0 radical (unpaired) electrons. The molecule has 13 heavy (non-hydrogen) atoms. The molecule has 0 aromatic heterocycles. The van der Waals surface area contributed by atoms with Gasteiger partial charge in [-0.3, -0.25) is 0 Å². The Balaban J connectivity index is 2.98. The molecular weight excluding hydrogens is 170 g/mol. The quantitative estimate of drug-likeness (QED) is 0.629. The van der Waals surface area contributed by atoms with Gasteiger partial charge in [0.25, 0.3) is 0 Å². The molecule has 1 aromatic rings. The number of hydrogen-bond donors (Lipinski definition) is 3. The standard InChI is InChI=1S/C9H11NO3/c10-8(5-11)6-2-1-3-7(4-6)9(12)13/h1-4,8,11H,5,10H2,(H,12,13)/t8-/m0/s1. The summed E-state index contributed by atoms with van der Waals surface area (Å²) in [5.74, 6) is -0.994. The van der Waals surface area contributed by atoms with Crippen LogP contribution in [0.1, 0.15) is 22.0 Å². The molecule has 0 aliphatic heterocycles. The van der Waals surface area contributed by atoms with Crippen LogP contribution < -0.4 is 5.73 Å². The average molecular weight is 181 g/mol. The van der Waals surface area contributed by atoms with Gasteiger partial charge in [0.2, 0.25) is 0 Å². The van der Waals surface area contributed by atoms with E-state index in [4.69, 9.17) is 15.9 Å². The van der Waals surface area contributed by atoms with Gasteiger partial charge in [-0.25, -0.2) is 4.79 Å². The lowest BCUT2D eigenvalue weighted by Crippen LogP contribution is -2.14. The normalized spacial score (nSPS) is 12.5. The summed E-state index contributed by atoms with van der Waals surface area (Å²) in [5.41, 5.74) is 6.33. The lowest BCUT2D eigenvalue weighted by molar-refractivity contribution is 0.0696. The molecule has 0 unspecified atom stereocenters. The smallest absolute Gasteiger partial charge is 0.335 e. The van der Waals surface area contributed by atoms with E-state index in [1.807, 2.05) is 0 Å². The first-order valence-electron chi connectivity index (χ1n) is 3.85. The van der Waals surface area contributed by atoms with E-state index < -0.39 is 12.0 Å². The lowest BCUT2D eigenvalue weighted by atomic mass is 10.1. The zero-order valence-corrected chi connectivity index (χ0v) is 6.97. The van der Waals surface area contributed by atoms with Crippen molar-refractivity contribution in [2.75, 3.05) is 6.61 Å². The molecule has 1 atom stereocenters. The van der Waals surface area contributed by atoms with Crippen LogP contribution in [0.5, 0.6) is 0 Å². The van der Waals surface area contributed by atoms with Crippen molar-refractivity contribution in [2.45, 2.75) is 6.04 Å². The minimum atomic E-state index is -0.994. The molecule has 70 valence electrons. The summed E-state index contributed by atoms with van der Waals surface area (Å²) in [6.45, 7) is -0.191. The third kappa shape index (κ3) is 2.27. The summed E-state index contributed by atoms with van der Waals surface area (Å²) in [7, 11) is 0. The SMILES string of the molecule is N[C@@H](CO)c1cccc(C(=O)O)c1. The highest BCUT2D eigenvalue weighted by Crippen LogP contribution is 2.11. The molecule has 0 aliphatic carbocycles. The Hall–Kier alpha value is -1.39. The third-order valence-electron chi connectivity index (χ3n) is 1.76. The molecule has 0 saturated heterocycles. The molecule has 0 saturated carbocycles. The summed E-state index contributed by atoms with van der Waals surface area (Å²) in [4.78, 5) is 10.6. The Labute approximate surface area is 75.6 Å². The molecule has 0 fully saturated rings. The Bertz CT molecular complexity index is 311. The largest absolute Gasteiger partial charge is 0.478 e. The summed E-state index contributed by atoms with van der Waals surface area (Å²) in [6.07, 6.45) is 0. The lowest BCUT2D eigenvalue weighted by Gasteiger charge is -2.08. The molecule has 1 aromatic carbocycles. The number of nitrogens with two attached hydrogens (primary N) is 1. The van der Waals surface area contributed by atoms with Gasteiger partial charge >= 0.3 is 5.97 Å². The molecule has 0 bridgehead atoms. The molecule has 0 heterocycles. The predicted molar refractivity (Wildman–Crippen MR) is 47.4 cm³/mol. The predicted octanol–water partition coefficient (Wildman–Crippen LogP) is 0.377. The van der Waals surface area contributed by atoms with Crippen molar-refractivity contribution in [3.63, 3.8) is 0 Å². The van der Waals surface area contributed by atoms with Crippen LogP contribution in [0, 0.1) is 0 Å². The van der Waals surface area contributed by atoms with Gasteiger partial charge in [0.1, 0.15) is 0 Å². The first-order valence-corrected chi connectivity index (χ1v) is 3.85. The molecule has 0 aliphatic rings. The van der Waals surface area contributed by atoms with Crippen LogP contribution in [0.15, 0.2) is 24.3 Å². The second-order valence-electron chi connectivity index (χ2n) is 2.72. The van der Waals surface area contributed by atoms with Crippen LogP contribution in [0.25, 0.3) is 0 Å². The van der Waals surface area contributed by atoms with Gasteiger partial charge < -0.3 is 15.9 Å². The first kappa shape index (κ1) is 9.70. The molecule has 1 rings (SSSR count). The van der Waals surface area contributed by atoms with Crippen LogP contribution >= 0.6 is 0 Å². The van der Waals surface area contributed by atoms with Gasteiger partial charge in [-0.1, -0.05) is 12.1 Å². The number of aliphatic hydroxyl groups excluding tert-OH is 1. The zero-order chi connectivity index (χ0) is 9.84. The van der Waals surface area contributed by atoms with Gasteiger partial charge in [-0.05, 0) is 17.7 Å². The van der Waals surface area contributed by atoms with Crippen LogP contribution in [-0.4, -0.2) is 22.8 Å². The molecule has 4 N–H and O–H groups in total. The van der Waals surface area contributed by atoms with Gasteiger partial charge in [-0.2, -0.15) is 0 Å². The number of rotatable bonds is 3. The van der Waals surface area contributed by atoms with Gasteiger partial charge in [0.05, 0.1) is 18.2 Å². The minimum Gasteiger partial charge on any atom is -0.478 e. The number of hydrogen-bond acceptors (Lipinski definition) is 3. The highest BCUT2D eigenvalue weighted by molar-refractivity contribution is 5.87. The van der Waals surface area contributed by atoms with Crippen LogP contribution in [-0.2, 0) is 0 Å². The number of benzene rings is 1. The van der Waals surface area contributed by atoms with Crippen molar-refractivity contribution in [1.29, 1.82) is 0 Å². The van der Waals surface area contributed by atoms with Crippen molar-refractivity contribution in [3.8, 4) is 0 Å². The van der Waals surface area contributed by atoms with Crippen molar-refractivity contribution in [3.05, 3.63) is 35.4 Å². The molecular formula is C9H11NO3. The van der Waals surface area contributed by atoms with E-state index in [-0.39, 0.29) is 12.2 Å². The summed E-state index contributed by atoms with van der Waals surface area (Å²) in [5, 5.41) is 17.4. The second-order valence-corrected chi connectivity index (χ2v) is 2.72. The monoisotopic (exact) mass is 181 g/mol. The molecule has 4 heteroatoms. The zero-order valence-electron chi connectivity index (χ0n) is 6.97. The summed E-state index contributed by atoms with van der Waals surface area (Å²) < 4.78 is 0. The maximum atomic E-state index is 10.6. The highest BCUT2D eigenvalue weighted by Gasteiger charge is 2.07. The van der Waals surface area contributed by atoms with E-state index in [1.54, 1.807) is 12.1 Å². The Morgan fingerprint density at radius 3 is 2.77 bits per heavy atom. The van der Waals surface area contributed by atoms with Crippen LogP contribution in [0.4, 0.5) is 0 Å². The Morgan fingerprint density at radius 2 is 2.23 bits per heavy atom. The van der Waals surface area contributed by atoms with Gasteiger partial charge in [0.15, 0.2) is 0 Å². The fourth-order valence-corrected chi connectivity index (χ4v) is 1.01. The maximum Gasteiger partial charge on any atom is 0.335 e. The van der Waals surface area contributed by atoms with Crippen molar-refractivity contribution >= 4 is 5.97 Å². The molecule has 4 nitrogen and oxygen atoms in total. The van der Waals surface area contributed by atoms with E-state index in [0.717, 1.165) is 0 Å². The number of carboxylic acids is 1. The molecule has 0 amide bonds. The topological polar surface area (TPSA) is 83.5 Å². The number of carboxylic acid groups (broad SMARTS) is 1. The minimum absolute atomic E-state index is 0.182. The van der Waals surface area contributed by atoms with E-state index >= 15 is 0 Å².